The molecule has 1 fully saturated rings. The average molecular weight is 383 g/mol. The normalized spacial score (nSPS) is 24.0. The molecule has 28 heavy (non-hydrogen) atoms. The van der Waals surface area contributed by atoms with E-state index in [1.54, 1.807) is 0 Å². The number of benzene rings is 2. The molecule has 2 unspecified atom stereocenters. The first-order valence-electron chi connectivity index (χ1n) is 10.3. The van der Waals surface area contributed by atoms with Gasteiger partial charge in [0.15, 0.2) is 0 Å². The monoisotopic (exact) mass is 382 g/mol. The molecule has 4 rings (SSSR count). The molecule has 1 saturated heterocycles. The van der Waals surface area contributed by atoms with Crippen LogP contribution in [0.15, 0.2) is 48.5 Å². The summed E-state index contributed by atoms with van der Waals surface area (Å²) >= 11 is 0. The van der Waals surface area contributed by atoms with Gasteiger partial charge in [-0.1, -0.05) is 36.4 Å². The molecule has 0 amide bonds. The van der Waals surface area contributed by atoms with Crippen molar-refractivity contribution in [3.05, 3.63) is 59.7 Å². The van der Waals surface area contributed by atoms with E-state index in [0.717, 1.165) is 50.8 Å². The summed E-state index contributed by atoms with van der Waals surface area (Å²) in [5, 5.41) is 0. The largest absolute Gasteiger partial charge is 0.491 e. The summed E-state index contributed by atoms with van der Waals surface area (Å²) in [6, 6.07) is 16.8. The standard InChI is InChI=1S/C23H30N2O3/c1-3-8-22-20(6-1)18-24-10-5-11-25(13-12-24)19-21-7-2-4-9-23(21)28-17-15-26-14-16-27-22/h1-4,6-9H,5,10-19H2. The van der Waals surface area contributed by atoms with Crippen molar-refractivity contribution in [2.45, 2.75) is 19.5 Å². The number of nitrogens with zero attached hydrogens (tertiary/aromatic N) is 2. The highest BCUT2D eigenvalue weighted by molar-refractivity contribution is 5.34. The number of fused-ring (bicyclic) bond motifs is 5. The first kappa shape index (κ1) is 19.2. The maximum atomic E-state index is 6.00. The second kappa shape index (κ2) is 9.92. The van der Waals surface area contributed by atoms with E-state index in [9.17, 15) is 0 Å². The van der Waals surface area contributed by atoms with Crippen LogP contribution in [-0.2, 0) is 17.8 Å². The fraction of sp³-hybridized carbons (Fsp3) is 0.478. The molecule has 2 atom stereocenters. The molecule has 0 N–H and O–H groups in total. The Morgan fingerprint density at radius 3 is 1.61 bits per heavy atom. The highest BCUT2D eigenvalue weighted by Crippen LogP contribution is 2.23. The fourth-order valence-electron chi connectivity index (χ4n) is 3.90. The van der Waals surface area contributed by atoms with E-state index >= 15 is 0 Å². The lowest BCUT2D eigenvalue weighted by Gasteiger charge is -2.23. The average Bonchev–Trinajstić information content (AvgIpc) is 2.94. The Labute approximate surface area is 167 Å². The van der Waals surface area contributed by atoms with Crippen molar-refractivity contribution in [1.82, 2.24) is 9.80 Å². The summed E-state index contributed by atoms with van der Waals surface area (Å²) in [5.74, 6) is 1.94. The van der Waals surface area contributed by atoms with Gasteiger partial charge in [0.1, 0.15) is 24.7 Å². The maximum Gasteiger partial charge on any atom is 0.123 e. The van der Waals surface area contributed by atoms with Crippen molar-refractivity contribution in [2.24, 2.45) is 0 Å². The van der Waals surface area contributed by atoms with E-state index < -0.39 is 0 Å². The number of para-hydroxylation sites is 2. The molecular formula is C23H30N2O3. The van der Waals surface area contributed by atoms with Gasteiger partial charge in [0.05, 0.1) is 13.2 Å². The van der Waals surface area contributed by atoms with Crippen molar-refractivity contribution in [3.63, 3.8) is 0 Å². The van der Waals surface area contributed by atoms with Crippen molar-refractivity contribution in [1.29, 1.82) is 0 Å². The van der Waals surface area contributed by atoms with Gasteiger partial charge < -0.3 is 14.2 Å². The molecule has 150 valence electrons. The molecule has 5 heteroatoms. The van der Waals surface area contributed by atoms with Gasteiger partial charge in [-0.2, -0.15) is 0 Å². The van der Waals surface area contributed by atoms with Gasteiger partial charge in [0.25, 0.3) is 0 Å². The van der Waals surface area contributed by atoms with Gasteiger partial charge in [-0.15, -0.1) is 0 Å². The Morgan fingerprint density at radius 2 is 1.07 bits per heavy atom. The molecule has 0 saturated carbocycles. The van der Waals surface area contributed by atoms with E-state index in [1.165, 1.54) is 17.5 Å². The minimum Gasteiger partial charge on any atom is -0.491 e. The molecule has 0 aliphatic carbocycles. The third-order valence-electron chi connectivity index (χ3n) is 5.38. The molecule has 2 aliphatic heterocycles. The summed E-state index contributed by atoms with van der Waals surface area (Å²) in [4.78, 5) is 5.08. The van der Waals surface area contributed by atoms with Crippen molar-refractivity contribution >= 4 is 0 Å². The van der Waals surface area contributed by atoms with Gasteiger partial charge in [-0.25, -0.2) is 0 Å². The van der Waals surface area contributed by atoms with E-state index in [-0.39, 0.29) is 0 Å². The van der Waals surface area contributed by atoms with Crippen molar-refractivity contribution in [2.75, 3.05) is 52.6 Å². The van der Waals surface area contributed by atoms with Crippen LogP contribution in [0.25, 0.3) is 0 Å². The molecule has 2 heterocycles. The van der Waals surface area contributed by atoms with Crippen molar-refractivity contribution in [3.8, 4) is 11.5 Å². The number of hydrogen-bond donors (Lipinski definition) is 0. The predicted octanol–water partition coefficient (Wildman–Crippen LogP) is 3.18. The molecule has 2 aliphatic rings. The van der Waals surface area contributed by atoms with Gasteiger partial charge in [-0.05, 0) is 31.6 Å². The van der Waals surface area contributed by atoms with E-state index in [0.29, 0.717) is 26.4 Å². The summed E-state index contributed by atoms with van der Waals surface area (Å²) in [7, 11) is 0. The molecule has 2 aromatic rings. The molecule has 0 spiro atoms. The third kappa shape index (κ3) is 5.25. The summed E-state index contributed by atoms with van der Waals surface area (Å²) in [5.41, 5.74) is 2.52. The van der Waals surface area contributed by atoms with E-state index in [4.69, 9.17) is 14.2 Å². The quantitative estimate of drug-likeness (QED) is 0.699. The van der Waals surface area contributed by atoms with Crippen LogP contribution < -0.4 is 9.47 Å². The molecule has 2 bridgehead atoms. The lowest BCUT2D eigenvalue weighted by molar-refractivity contribution is 0.0756. The fourth-order valence-corrected chi connectivity index (χ4v) is 3.90. The number of hydrogen-bond acceptors (Lipinski definition) is 5. The van der Waals surface area contributed by atoms with E-state index in [1.807, 2.05) is 12.1 Å². The Bertz CT molecular complexity index is 691. The van der Waals surface area contributed by atoms with Crippen LogP contribution >= 0.6 is 0 Å². The van der Waals surface area contributed by atoms with Gasteiger partial charge >= 0.3 is 0 Å². The Hall–Kier alpha value is -2.08. The Kier molecular flexibility index (Phi) is 6.82. The first-order valence-corrected chi connectivity index (χ1v) is 10.3. The highest BCUT2D eigenvalue weighted by atomic mass is 16.5. The Balaban J connectivity index is 1.50. The summed E-state index contributed by atoms with van der Waals surface area (Å²) in [6.07, 6.45) is 1.18. The highest BCUT2D eigenvalue weighted by Gasteiger charge is 2.18. The molecular weight excluding hydrogens is 352 g/mol. The van der Waals surface area contributed by atoms with Crippen LogP contribution in [0.2, 0.25) is 0 Å². The van der Waals surface area contributed by atoms with Gasteiger partial charge in [0, 0.05) is 37.3 Å². The molecule has 0 radical (unpaired) electrons. The molecule has 2 aromatic carbocycles. The van der Waals surface area contributed by atoms with Gasteiger partial charge in [0.2, 0.25) is 0 Å². The lowest BCUT2D eigenvalue weighted by Crippen LogP contribution is -2.30. The smallest absolute Gasteiger partial charge is 0.123 e. The van der Waals surface area contributed by atoms with E-state index in [2.05, 4.69) is 46.2 Å². The lowest BCUT2D eigenvalue weighted by atomic mass is 10.2. The number of ether oxygens (including phenoxy) is 3. The van der Waals surface area contributed by atoms with Crippen LogP contribution in [0.5, 0.6) is 11.5 Å². The SMILES string of the molecule is c1ccc2c(c1)CN1CCCN(CC1)Cc1ccccc1OCCOCCO2. The van der Waals surface area contributed by atoms with Gasteiger partial charge in [-0.3, -0.25) is 9.80 Å². The predicted molar refractivity (Wildman–Crippen MR) is 110 cm³/mol. The summed E-state index contributed by atoms with van der Waals surface area (Å²) < 4.78 is 17.7. The Morgan fingerprint density at radius 1 is 0.571 bits per heavy atom. The number of rotatable bonds is 0. The second-order valence-electron chi connectivity index (χ2n) is 7.43. The summed E-state index contributed by atoms with van der Waals surface area (Å²) in [6.45, 7) is 8.49. The zero-order chi connectivity index (χ0) is 19.0. The van der Waals surface area contributed by atoms with Crippen LogP contribution in [0.4, 0.5) is 0 Å². The van der Waals surface area contributed by atoms with Crippen LogP contribution in [-0.4, -0.2) is 62.4 Å². The maximum absolute atomic E-state index is 6.00. The van der Waals surface area contributed by atoms with Crippen molar-refractivity contribution < 1.29 is 14.2 Å². The van der Waals surface area contributed by atoms with Crippen LogP contribution in [0.3, 0.4) is 0 Å². The molecule has 5 nitrogen and oxygen atoms in total. The minimum atomic E-state index is 0.557. The first-order chi connectivity index (χ1) is 13.9. The topological polar surface area (TPSA) is 34.2 Å². The third-order valence-corrected chi connectivity index (χ3v) is 5.38. The minimum absolute atomic E-state index is 0.557. The molecule has 0 aromatic heterocycles. The van der Waals surface area contributed by atoms with Crippen LogP contribution in [0.1, 0.15) is 17.5 Å². The zero-order valence-corrected chi connectivity index (χ0v) is 16.5. The second-order valence-corrected chi connectivity index (χ2v) is 7.43. The zero-order valence-electron chi connectivity index (χ0n) is 16.5. The van der Waals surface area contributed by atoms with Crippen LogP contribution in [0, 0.1) is 0 Å².